The molecule has 3 rings (SSSR count). The first-order valence-electron chi connectivity index (χ1n) is 10.2. The molecule has 7 heteroatoms. The van der Waals surface area contributed by atoms with Crippen molar-refractivity contribution in [1.82, 2.24) is 4.90 Å². The van der Waals surface area contributed by atoms with Crippen LogP contribution in [0.4, 0.5) is 13.2 Å². The van der Waals surface area contributed by atoms with Crippen molar-refractivity contribution in [2.45, 2.75) is 57.5 Å². The summed E-state index contributed by atoms with van der Waals surface area (Å²) in [5.41, 5.74) is 5.28. The summed E-state index contributed by atoms with van der Waals surface area (Å²) in [6, 6.07) is 2.04. The number of hydrogen-bond acceptors (Lipinski definition) is 3. The van der Waals surface area contributed by atoms with Crippen molar-refractivity contribution in [1.29, 1.82) is 0 Å². The quantitative estimate of drug-likeness (QED) is 0.706. The van der Waals surface area contributed by atoms with Crippen molar-refractivity contribution < 1.29 is 22.7 Å². The van der Waals surface area contributed by atoms with Crippen molar-refractivity contribution in [3.05, 3.63) is 29.6 Å². The Balaban J connectivity index is 1.36. The molecule has 1 amide bonds. The van der Waals surface area contributed by atoms with E-state index in [9.17, 15) is 18.0 Å². The highest BCUT2D eigenvalue weighted by Crippen LogP contribution is 2.33. The Morgan fingerprint density at radius 2 is 1.64 bits per heavy atom. The van der Waals surface area contributed by atoms with Gasteiger partial charge in [-0.15, -0.1) is 0 Å². The van der Waals surface area contributed by atoms with E-state index in [4.69, 9.17) is 10.5 Å². The fourth-order valence-electron chi connectivity index (χ4n) is 4.40. The smallest absolute Gasteiger partial charge is 0.217 e. The van der Waals surface area contributed by atoms with Gasteiger partial charge >= 0.3 is 0 Å². The third-order valence-corrected chi connectivity index (χ3v) is 6.14. The number of hydrogen-bond donors (Lipinski definition) is 1. The van der Waals surface area contributed by atoms with Gasteiger partial charge in [-0.05, 0) is 62.6 Å². The summed E-state index contributed by atoms with van der Waals surface area (Å²) in [6.07, 6.45) is 7.45. The van der Waals surface area contributed by atoms with Gasteiger partial charge < -0.3 is 15.4 Å². The van der Waals surface area contributed by atoms with Gasteiger partial charge in [0.15, 0.2) is 17.4 Å². The minimum atomic E-state index is -1.49. The summed E-state index contributed by atoms with van der Waals surface area (Å²) in [5, 5.41) is 0. The maximum Gasteiger partial charge on any atom is 0.217 e. The number of likely N-dealkylation sites (tertiary alicyclic amines) is 1. The number of carbonyl (C=O) groups is 1. The van der Waals surface area contributed by atoms with E-state index in [1.165, 1.54) is 0 Å². The highest BCUT2D eigenvalue weighted by Gasteiger charge is 2.26. The number of rotatable bonds is 7. The van der Waals surface area contributed by atoms with Gasteiger partial charge in [-0.2, -0.15) is 4.39 Å². The molecule has 0 atom stereocenters. The van der Waals surface area contributed by atoms with Crippen LogP contribution in [0.3, 0.4) is 0 Å². The van der Waals surface area contributed by atoms with E-state index in [0.29, 0.717) is 18.3 Å². The summed E-state index contributed by atoms with van der Waals surface area (Å²) in [6.45, 7) is 2.73. The molecule has 1 aliphatic heterocycles. The van der Waals surface area contributed by atoms with Gasteiger partial charge in [0.2, 0.25) is 11.7 Å². The van der Waals surface area contributed by atoms with Crippen LogP contribution in [-0.4, -0.2) is 36.5 Å². The minimum absolute atomic E-state index is 0.181. The maximum atomic E-state index is 13.7. The van der Waals surface area contributed by atoms with Crippen LogP contribution in [0.15, 0.2) is 12.1 Å². The Labute approximate surface area is 164 Å². The molecular weight excluding hydrogens is 369 g/mol. The lowest BCUT2D eigenvalue weighted by Gasteiger charge is -2.34. The third kappa shape index (κ3) is 5.63. The Morgan fingerprint density at radius 3 is 2.29 bits per heavy atom. The first-order valence-corrected chi connectivity index (χ1v) is 10.2. The first-order chi connectivity index (χ1) is 13.4. The van der Waals surface area contributed by atoms with Gasteiger partial charge in [0.05, 0.1) is 0 Å². The predicted molar refractivity (Wildman–Crippen MR) is 100 cm³/mol. The summed E-state index contributed by atoms with van der Waals surface area (Å²) in [7, 11) is 0. The number of halogens is 3. The van der Waals surface area contributed by atoms with Crippen molar-refractivity contribution in [2.24, 2.45) is 17.6 Å². The fourth-order valence-corrected chi connectivity index (χ4v) is 4.40. The predicted octanol–water partition coefficient (Wildman–Crippen LogP) is 4.02. The van der Waals surface area contributed by atoms with E-state index in [0.717, 1.165) is 76.7 Å². The highest BCUT2D eigenvalue weighted by atomic mass is 19.2. The Bertz CT molecular complexity index is 670. The summed E-state index contributed by atoms with van der Waals surface area (Å²) < 4.78 is 45.6. The van der Waals surface area contributed by atoms with E-state index in [1.807, 2.05) is 0 Å². The number of benzene rings is 1. The molecule has 1 aromatic carbocycles. The zero-order chi connectivity index (χ0) is 20.1. The molecule has 0 spiro atoms. The molecule has 156 valence electrons. The number of primary amides is 1. The van der Waals surface area contributed by atoms with Crippen molar-refractivity contribution >= 4 is 5.91 Å². The van der Waals surface area contributed by atoms with Crippen LogP contribution >= 0.6 is 0 Å². The maximum absolute atomic E-state index is 13.7. The normalized spacial score (nSPS) is 24.2. The van der Waals surface area contributed by atoms with Gasteiger partial charge in [-0.1, -0.05) is 12.8 Å². The van der Waals surface area contributed by atoms with Gasteiger partial charge in [-0.25, -0.2) is 8.78 Å². The molecule has 0 unspecified atom stereocenters. The van der Waals surface area contributed by atoms with Crippen LogP contribution in [0.2, 0.25) is 0 Å². The van der Waals surface area contributed by atoms with Crippen molar-refractivity contribution in [3.8, 4) is 5.75 Å². The van der Waals surface area contributed by atoms with Gasteiger partial charge in [0.25, 0.3) is 0 Å². The Morgan fingerprint density at radius 1 is 1.00 bits per heavy atom. The first kappa shape index (κ1) is 21.0. The lowest BCUT2D eigenvalue weighted by Crippen LogP contribution is -2.39. The van der Waals surface area contributed by atoms with Crippen LogP contribution < -0.4 is 10.5 Å². The van der Waals surface area contributed by atoms with E-state index >= 15 is 0 Å². The van der Waals surface area contributed by atoms with Crippen LogP contribution in [0.1, 0.15) is 51.4 Å². The van der Waals surface area contributed by atoms with Gasteiger partial charge in [0, 0.05) is 19.5 Å². The van der Waals surface area contributed by atoms with Crippen LogP contribution in [-0.2, 0) is 4.79 Å². The molecule has 1 aliphatic carbocycles. The molecule has 2 N–H and O–H groups in total. The fraction of sp³-hybridized carbons (Fsp3) is 0.667. The highest BCUT2D eigenvalue weighted by molar-refractivity contribution is 5.73. The lowest BCUT2D eigenvalue weighted by molar-refractivity contribution is -0.119. The monoisotopic (exact) mass is 398 g/mol. The van der Waals surface area contributed by atoms with E-state index < -0.39 is 17.5 Å². The standard InChI is InChI=1S/C21H29F3N2O2/c22-17-5-6-18(21(24)20(17)23)28-16-8-11-26(12-9-16)10-7-14-1-3-15(4-2-14)13-19(25)27/h5-6,14-16H,1-4,7-13H2,(H2,25,27). The molecule has 4 nitrogen and oxygen atoms in total. The summed E-state index contributed by atoms with van der Waals surface area (Å²) in [5.74, 6) is -3.20. The Hall–Kier alpha value is -1.76. The molecule has 28 heavy (non-hydrogen) atoms. The molecular formula is C21H29F3N2O2. The van der Waals surface area contributed by atoms with Crippen LogP contribution in [0.5, 0.6) is 5.75 Å². The number of nitrogens with two attached hydrogens (primary N) is 1. The molecule has 2 fully saturated rings. The SMILES string of the molecule is NC(=O)CC1CCC(CCN2CCC(Oc3ccc(F)c(F)c3F)CC2)CC1. The second-order valence-corrected chi connectivity index (χ2v) is 8.18. The number of nitrogens with zero attached hydrogens (tertiary/aromatic N) is 1. The zero-order valence-electron chi connectivity index (χ0n) is 16.1. The molecule has 1 aromatic rings. The average Bonchev–Trinajstić information content (AvgIpc) is 2.68. The molecule has 1 saturated heterocycles. The molecule has 0 radical (unpaired) electrons. The van der Waals surface area contributed by atoms with E-state index in [-0.39, 0.29) is 17.8 Å². The number of amides is 1. The van der Waals surface area contributed by atoms with E-state index in [2.05, 4.69) is 4.90 Å². The largest absolute Gasteiger partial charge is 0.487 e. The summed E-state index contributed by atoms with van der Waals surface area (Å²) >= 11 is 0. The molecule has 1 heterocycles. The van der Waals surface area contributed by atoms with Crippen molar-refractivity contribution in [2.75, 3.05) is 19.6 Å². The molecule has 2 aliphatic rings. The minimum Gasteiger partial charge on any atom is -0.487 e. The van der Waals surface area contributed by atoms with Gasteiger partial charge in [-0.3, -0.25) is 4.79 Å². The Kier molecular flexibility index (Phi) is 7.21. The lowest BCUT2D eigenvalue weighted by atomic mass is 9.79. The van der Waals surface area contributed by atoms with Crippen LogP contribution in [0.25, 0.3) is 0 Å². The number of ether oxygens (including phenoxy) is 1. The molecule has 0 bridgehead atoms. The second-order valence-electron chi connectivity index (χ2n) is 8.18. The summed E-state index contributed by atoms with van der Waals surface area (Å²) in [4.78, 5) is 13.4. The van der Waals surface area contributed by atoms with E-state index in [1.54, 1.807) is 0 Å². The van der Waals surface area contributed by atoms with Gasteiger partial charge in [0.1, 0.15) is 6.10 Å². The zero-order valence-corrected chi connectivity index (χ0v) is 16.1. The second kappa shape index (κ2) is 9.63. The third-order valence-electron chi connectivity index (χ3n) is 6.14. The number of carbonyl (C=O) groups excluding carboxylic acids is 1. The topological polar surface area (TPSA) is 55.6 Å². The molecule has 0 aromatic heterocycles. The van der Waals surface area contributed by atoms with Crippen LogP contribution in [0, 0.1) is 29.3 Å². The molecule has 1 saturated carbocycles. The number of piperidine rings is 1. The van der Waals surface area contributed by atoms with Crippen molar-refractivity contribution in [3.63, 3.8) is 0 Å². The average molecular weight is 398 g/mol.